The maximum Gasteiger partial charge on any atom is 0.382 e. The molecule has 0 aliphatic carbocycles. The van der Waals surface area contributed by atoms with E-state index >= 15 is 0 Å². The summed E-state index contributed by atoms with van der Waals surface area (Å²) >= 11 is 0. The van der Waals surface area contributed by atoms with E-state index in [1.807, 2.05) is 31.2 Å². The maximum atomic E-state index is 12.3. The molecule has 0 aliphatic rings. The van der Waals surface area contributed by atoms with E-state index < -0.39 is 4.92 Å². The lowest BCUT2D eigenvalue weighted by Crippen LogP contribution is -2.22. The Morgan fingerprint density at radius 2 is 1.95 bits per heavy atom. The van der Waals surface area contributed by atoms with Crippen molar-refractivity contribution >= 4 is 11.5 Å². The lowest BCUT2D eigenvalue weighted by atomic mass is 10.1. The first-order valence-corrected chi connectivity index (χ1v) is 6.83. The number of aromatic nitrogens is 3. The summed E-state index contributed by atoms with van der Waals surface area (Å²) in [6.45, 7) is 2.52. The fourth-order valence-electron chi connectivity index (χ4n) is 2.27. The van der Waals surface area contributed by atoms with Crippen molar-refractivity contribution in [1.82, 2.24) is 14.0 Å². The zero-order valence-electron chi connectivity index (χ0n) is 12.0. The lowest BCUT2D eigenvalue weighted by Gasteiger charge is -2.05. The Labute approximate surface area is 125 Å². The molecule has 7 heteroatoms. The van der Waals surface area contributed by atoms with Gasteiger partial charge in [0.15, 0.2) is 0 Å². The van der Waals surface area contributed by atoms with E-state index in [0.717, 1.165) is 5.56 Å². The minimum Gasteiger partial charge on any atom is -0.358 e. The van der Waals surface area contributed by atoms with E-state index in [-0.39, 0.29) is 17.0 Å². The molecule has 22 heavy (non-hydrogen) atoms. The minimum absolute atomic E-state index is 0.0677. The third kappa shape index (κ3) is 2.60. The number of nitrogens with zero attached hydrogens (tertiary/aromatic N) is 4. The average Bonchev–Trinajstić information content (AvgIpc) is 2.94. The summed E-state index contributed by atoms with van der Waals surface area (Å²) in [5.41, 5.74) is 2.06. The summed E-state index contributed by atoms with van der Waals surface area (Å²) in [5, 5.41) is 10.7. The molecule has 0 atom stereocenters. The van der Waals surface area contributed by atoms with Crippen molar-refractivity contribution < 1.29 is 4.92 Å². The highest BCUT2D eigenvalue weighted by Crippen LogP contribution is 2.09. The van der Waals surface area contributed by atoms with Gasteiger partial charge in [0.25, 0.3) is 0 Å². The molecule has 0 aliphatic heterocycles. The Kier molecular flexibility index (Phi) is 3.46. The molecule has 7 nitrogen and oxygen atoms in total. The molecule has 0 unspecified atom stereocenters. The molecule has 1 aromatic carbocycles. The van der Waals surface area contributed by atoms with E-state index in [1.165, 1.54) is 20.7 Å². The van der Waals surface area contributed by atoms with Crippen molar-refractivity contribution in [3.63, 3.8) is 0 Å². The van der Waals surface area contributed by atoms with Crippen molar-refractivity contribution in [2.45, 2.75) is 19.9 Å². The molecule has 0 amide bonds. The molecule has 0 radical (unpaired) electrons. The van der Waals surface area contributed by atoms with Crippen LogP contribution in [0.3, 0.4) is 0 Å². The molecule has 2 aromatic heterocycles. The lowest BCUT2D eigenvalue weighted by molar-refractivity contribution is -0.389. The number of aryl methyl sites for hydroxylation is 3. The van der Waals surface area contributed by atoms with Crippen LogP contribution >= 0.6 is 0 Å². The number of hydrogen-bond donors (Lipinski definition) is 0. The fraction of sp³-hybridized carbons (Fsp3) is 0.200. The van der Waals surface area contributed by atoms with Gasteiger partial charge in [-0.05, 0) is 28.8 Å². The molecule has 112 valence electrons. The van der Waals surface area contributed by atoms with Gasteiger partial charge in [-0.25, -0.2) is 0 Å². The molecule has 3 rings (SSSR count). The van der Waals surface area contributed by atoms with Gasteiger partial charge in [0.05, 0.1) is 0 Å². The summed E-state index contributed by atoms with van der Waals surface area (Å²) in [5.74, 6) is -0.326. The largest absolute Gasteiger partial charge is 0.382 e. The Balaban J connectivity index is 1.88. The summed E-state index contributed by atoms with van der Waals surface area (Å²) in [6, 6.07) is 8.11. The first-order chi connectivity index (χ1) is 10.5. The quantitative estimate of drug-likeness (QED) is 0.544. The van der Waals surface area contributed by atoms with Crippen LogP contribution in [-0.4, -0.2) is 18.9 Å². The third-order valence-electron chi connectivity index (χ3n) is 3.53. The van der Waals surface area contributed by atoms with E-state index in [9.17, 15) is 14.9 Å². The predicted octanol–water partition coefficient (Wildman–Crippen LogP) is 1.96. The smallest absolute Gasteiger partial charge is 0.358 e. The van der Waals surface area contributed by atoms with Gasteiger partial charge in [0.2, 0.25) is 0 Å². The van der Waals surface area contributed by atoms with Crippen LogP contribution in [0.4, 0.5) is 5.82 Å². The van der Waals surface area contributed by atoms with E-state index in [0.29, 0.717) is 13.0 Å². The Morgan fingerprint density at radius 3 is 2.64 bits per heavy atom. The van der Waals surface area contributed by atoms with Crippen LogP contribution < -0.4 is 5.56 Å². The van der Waals surface area contributed by atoms with E-state index in [2.05, 4.69) is 4.98 Å². The third-order valence-corrected chi connectivity index (χ3v) is 3.53. The number of imidazole rings is 1. The number of rotatable bonds is 4. The van der Waals surface area contributed by atoms with E-state index in [4.69, 9.17) is 0 Å². The highest BCUT2D eigenvalue weighted by molar-refractivity contribution is 5.41. The summed E-state index contributed by atoms with van der Waals surface area (Å²) < 4.78 is 2.90. The van der Waals surface area contributed by atoms with Crippen LogP contribution in [-0.2, 0) is 13.0 Å². The zero-order valence-corrected chi connectivity index (χ0v) is 12.0. The van der Waals surface area contributed by atoms with Gasteiger partial charge in [-0.3, -0.25) is 9.20 Å². The maximum absolute atomic E-state index is 12.3. The van der Waals surface area contributed by atoms with E-state index in [1.54, 1.807) is 12.4 Å². The Morgan fingerprint density at radius 1 is 1.23 bits per heavy atom. The molecule has 0 saturated carbocycles. The number of benzene rings is 1. The van der Waals surface area contributed by atoms with Gasteiger partial charge in [0.1, 0.15) is 6.20 Å². The zero-order chi connectivity index (χ0) is 15.7. The molecular formula is C15H14N4O3. The Hall–Kier alpha value is -2.96. The summed E-state index contributed by atoms with van der Waals surface area (Å²) in [4.78, 5) is 26.2. The fourth-order valence-corrected chi connectivity index (χ4v) is 2.27. The van der Waals surface area contributed by atoms with Crippen LogP contribution in [0.5, 0.6) is 0 Å². The van der Waals surface area contributed by atoms with Gasteiger partial charge in [-0.2, -0.15) is 0 Å². The average molecular weight is 298 g/mol. The second kappa shape index (κ2) is 5.44. The van der Waals surface area contributed by atoms with Gasteiger partial charge in [-0.1, -0.05) is 29.8 Å². The summed E-state index contributed by atoms with van der Waals surface area (Å²) in [7, 11) is 0. The molecule has 0 N–H and O–H groups in total. The van der Waals surface area contributed by atoms with Crippen molar-refractivity contribution in [3.8, 4) is 0 Å². The van der Waals surface area contributed by atoms with Gasteiger partial charge in [-0.15, -0.1) is 0 Å². The minimum atomic E-state index is -0.608. The normalized spacial score (nSPS) is 11.0. The highest BCUT2D eigenvalue weighted by atomic mass is 16.6. The standard InChI is InChI=1S/C15H14N4O3/c1-11-2-4-12(5-3-11)6-7-17-8-9-18-10-13(19(21)22)16-14(18)15(17)20/h2-5,8-10H,6-7H2,1H3. The molecule has 0 saturated heterocycles. The molecule has 0 fully saturated rings. The highest BCUT2D eigenvalue weighted by Gasteiger charge is 2.17. The van der Waals surface area contributed by atoms with Gasteiger partial charge < -0.3 is 14.7 Å². The van der Waals surface area contributed by atoms with Gasteiger partial charge >= 0.3 is 17.0 Å². The SMILES string of the molecule is Cc1ccc(CCn2ccn3cc([N+](=O)[O-])nc3c2=O)cc1. The van der Waals surface area contributed by atoms with Crippen LogP contribution in [0.2, 0.25) is 0 Å². The van der Waals surface area contributed by atoms with Crippen LogP contribution in [0.15, 0.2) is 47.7 Å². The Bertz CT molecular complexity index is 893. The predicted molar refractivity (Wildman–Crippen MR) is 81.0 cm³/mol. The number of hydrogen-bond acceptors (Lipinski definition) is 4. The molecule has 2 heterocycles. The number of fused-ring (bicyclic) bond motifs is 1. The van der Waals surface area contributed by atoms with Crippen LogP contribution in [0.25, 0.3) is 5.65 Å². The van der Waals surface area contributed by atoms with Crippen LogP contribution in [0, 0.1) is 17.0 Å². The summed E-state index contributed by atoms with van der Waals surface area (Å²) in [6.07, 6.45) is 5.17. The van der Waals surface area contributed by atoms with Gasteiger partial charge in [0, 0.05) is 18.9 Å². The van der Waals surface area contributed by atoms with Crippen molar-refractivity contribution in [2.24, 2.45) is 0 Å². The molecular weight excluding hydrogens is 284 g/mol. The second-order valence-corrected chi connectivity index (χ2v) is 5.12. The molecule has 0 bridgehead atoms. The first kappa shape index (κ1) is 14.0. The van der Waals surface area contributed by atoms with Crippen LogP contribution in [0.1, 0.15) is 11.1 Å². The first-order valence-electron chi connectivity index (χ1n) is 6.83. The van der Waals surface area contributed by atoms with Crippen molar-refractivity contribution in [3.05, 3.63) is 74.5 Å². The topological polar surface area (TPSA) is 82.4 Å². The monoisotopic (exact) mass is 298 g/mol. The second-order valence-electron chi connectivity index (χ2n) is 5.12. The number of nitro groups is 1. The van der Waals surface area contributed by atoms with Crippen molar-refractivity contribution in [1.29, 1.82) is 0 Å². The van der Waals surface area contributed by atoms with Crippen molar-refractivity contribution in [2.75, 3.05) is 0 Å². The molecule has 0 spiro atoms. The molecule has 3 aromatic rings.